The second kappa shape index (κ2) is 8.67. The van der Waals surface area contributed by atoms with E-state index in [1.165, 1.54) is 6.92 Å². The lowest BCUT2D eigenvalue weighted by molar-refractivity contribution is -0.385. The van der Waals surface area contributed by atoms with Crippen molar-refractivity contribution in [2.75, 3.05) is 19.6 Å². The van der Waals surface area contributed by atoms with Crippen molar-refractivity contribution < 1.29 is 14.1 Å². The van der Waals surface area contributed by atoms with E-state index in [0.717, 1.165) is 43.6 Å². The molecule has 2 aromatic carbocycles. The fraction of sp³-hybridized carbons (Fsp3) is 0.350. The van der Waals surface area contributed by atoms with E-state index >= 15 is 0 Å². The minimum atomic E-state index is -0.773. The number of nitrogens with zero attached hydrogens (tertiary/aromatic N) is 2. The lowest BCUT2D eigenvalue weighted by Crippen LogP contribution is -2.36. The predicted octanol–water partition coefficient (Wildman–Crippen LogP) is 4.26. The summed E-state index contributed by atoms with van der Waals surface area (Å²) in [5.41, 5.74) is 0.420. The van der Waals surface area contributed by atoms with Crippen molar-refractivity contribution in [2.45, 2.75) is 25.8 Å². The second-order valence-electron chi connectivity index (χ2n) is 6.88. The first-order valence-corrected chi connectivity index (χ1v) is 9.47. The van der Waals surface area contributed by atoms with Crippen LogP contribution in [0, 0.1) is 22.9 Å². The van der Waals surface area contributed by atoms with Crippen LogP contribution in [0.25, 0.3) is 0 Å². The van der Waals surface area contributed by atoms with E-state index in [1.54, 1.807) is 6.07 Å². The van der Waals surface area contributed by atoms with Crippen LogP contribution in [0.2, 0.25) is 5.02 Å². The van der Waals surface area contributed by atoms with Gasteiger partial charge >= 0.3 is 0 Å². The zero-order chi connectivity index (χ0) is 20.3. The monoisotopic (exact) mass is 405 g/mol. The van der Waals surface area contributed by atoms with E-state index in [4.69, 9.17) is 11.6 Å². The molecule has 8 heteroatoms. The molecule has 1 N–H and O–H groups in total. The maximum absolute atomic E-state index is 14.0. The van der Waals surface area contributed by atoms with Crippen LogP contribution in [0.3, 0.4) is 0 Å². The number of carbonyl (C=O) groups excluding carboxylic acids is 1. The average molecular weight is 406 g/mol. The molecule has 1 heterocycles. The van der Waals surface area contributed by atoms with Gasteiger partial charge in [-0.2, -0.15) is 0 Å². The molecule has 0 aliphatic carbocycles. The highest BCUT2D eigenvalue weighted by molar-refractivity contribution is 6.30. The van der Waals surface area contributed by atoms with Crippen molar-refractivity contribution >= 4 is 23.2 Å². The standard InChI is InChI=1S/C20H21ClFN3O3/c1-13-17(22)10-15(11-18(13)25(27)28)20(26)23-12-19(24-7-2-3-8-24)14-5-4-6-16(21)9-14/h4-6,9-11,19H,2-3,7-8,12H2,1H3,(H,23,26). The SMILES string of the molecule is Cc1c(F)cc(C(=O)NCC(c2cccc(Cl)c2)N2CCCC2)cc1[N+](=O)[O-]. The van der Waals surface area contributed by atoms with Gasteiger partial charge < -0.3 is 5.32 Å². The predicted molar refractivity (Wildman–Crippen MR) is 105 cm³/mol. The van der Waals surface area contributed by atoms with E-state index in [9.17, 15) is 19.3 Å². The largest absolute Gasteiger partial charge is 0.350 e. The summed E-state index contributed by atoms with van der Waals surface area (Å²) in [6.07, 6.45) is 2.17. The molecule has 1 amide bonds. The van der Waals surface area contributed by atoms with Crippen molar-refractivity contribution in [1.82, 2.24) is 10.2 Å². The fourth-order valence-electron chi connectivity index (χ4n) is 3.50. The first kappa shape index (κ1) is 20.2. The molecule has 3 rings (SSSR count). The number of amides is 1. The molecule has 0 bridgehead atoms. The van der Waals surface area contributed by atoms with Crippen LogP contribution < -0.4 is 5.32 Å². The minimum Gasteiger partial charge on any atom is -0.350 e. The van der Waals surface area contributed by atoms with Crippen molar-refractivity contribution in [1.29, 1.82) is 0 Å². The third-order valence-electron chi connectivity index (χ3n) is 5.05. The van der Waals surface area contributed by atoms with Crippen LogP contribution in [0.5, 0.6) is 0 Å². The Kier molecular flexibility index (Phi) is 6.26. The Morgan fingerprint density at radius 3 is 2.68 bits per heavy atom. The second-order valence-corrected chi connectivity index (χ2v) is 7.32. The molecule has 1 aliphatic rings. The first-order chi connectivity index (χ1) is 13.4. The van der Waals surface area contributed by atoms with E-state index in [2.05, 4.69) is 10.2 Å². The third kappa shape index (κ3) is 4.48. The lowest BCUT2D eigenvalue weighted by atomic mass is 10.0. The van der Waals surface area contributed by atoms with Crippen LogP contribution in [-0.2, 0) is 0 Å². The van der Waals surface area contributed by atoms with Gasteiger partial charge in [-0.15, -0.1) is 0 Å². The van der Waals surface area contributed by atoms with E-state index in [0.29, 0.717) is 11.6 Å². The zero-order valence-electron chi connectivity index (χ0n) is 15.5. The normalized spacial score (nSPS) is 15.4. The number of rotatable bonds is 6. The molecule has 1 aliphatic heterocycles. The average Bonchev–Trinajstić information content (AvgIpc) is 3.18. The number of likely N-dealkylation sites (tertiary alicyclic amines) is 1. The van der Waals surface area contributed by atoms with Gasteiger partial charge in [-0.1, -0.05) is 23.7 Å². The van der Waals surface area contributed by atoms with Gasteiger partial charge in [0.05, 0.1) is 16.5 Å². The molecular formula is C20H21ClFN3O3. The topological polar surface area (TPSA) is 75.5 Å². The van der Waals surface area contributed by atoms with Crippen LogP contribution in [0.4, 0.5) is 10.1 Å². The Labute approximate surface area is 167 Å². The molecule has 28 heavy (non-hydrogen) atoms. The summed E-state index contributed by atoms with van der Waals surface area (Å²) in [5, 5.41) is 14.5. The number of halogens is 2. The van der Waals surface area contributed by atoms with Gasteiger partial charge in [0.15, 0.2) is 0 Å². The van der Waals surface area contributed by atoms with Gasteiger partial charge in [0.25, 0.3) is 11.6 Å². The summed E-state index contributed by atoms with van der Waals surface area (Å²) in [6.45, 7) is 3.44. The van der Waals surface area contributed by atoms with Gasteiger partial charge in [0.2, 0.25) is 0 Å². The molecule has 0 aromatic heterocycles. The van der Waals surface area contributed by atoms with Gasteiger partial charge in [0.1, 0.15) is 5.82 Å². The molecule has 1 atom stereocenters. The van der Waals surface area contributed by atoms with E-state index < -0.39 is 22.3 Å². The summed E-state index contributed by atoms with van der Waals surface area (Å²) in [6, 6.07) is 9.54. The number of nitro benzene ring substituents is 1. The maximum atomic E-state index is 14.0. The van der Waals surface area contributed by atoms with Gasteiger partial charge in [-0.3, -0.25) is 19.8 Å². The maximum Gasteiger partial charge on any atom is 0.276 e. The van der Waals surface area contributed by atoms with Crippen molar-refractivity contribution in [3.05, 3.63) is 74.0 Å². The first-order valence-electron chi connectivity index (χ1n) is 9.09. The van der Waals surface area contributed by atoms with Crippen molar-refractivity contribution in [3.8, 4) is 0 Å². The quantitative estimate of drug-likeness (QED) is 0.575. The van der Waals surface area contributed by atoms with E-state index in [-0.39, 0.29) is 17.2 Å². The van der Waals surface area contributed by atoms with Crippen molar-refractivity contribution in [2.24, 2.45) is 0 Å². The Morgan fingerprint density at radius 1 is 1.32 bits per heavy atom. The van der Waals surface area contributed by atoms with Crippen LogP contribution in [0.1, 0.15) is 40.4 Å². The summed E-state index contributed by atoms with van der Waals surface area (Å²) in [5.74, 6) is -1.32. The fourth-order valence-corrected chi connectivity index (χ4v) is 3.70. The van der Waals surface area contributed by atoms with E-state index in [1.807, 2.05) is 18.2 Å². The number of nitrogens with one attached hydrogen (secondary N) is 1. The summed E-state index contributed by atoms with van der Waals surface area (Å²) >= 11 is 6.12. The molecular weight excluding hydrogens is 385 g/mol. The van der Waals surface area contributed by atoms with Crippen LogP contribution in [0.15, 0.2) is 36.4 Å². The number of nitro groups is 1. The molecule has 0 spiro atoms. The third-order valence-corrected chi connectivity index (χ3v) is 5.28. The number of carbonyl (C=O) groups is 1. The molecule has 6 nitrogen and oxygen atoms in total. The Bertz CT molecular complexity index is 900. The minimum absolute atomic E-state index is 0.0685. The lowest BCUT2D eigenvalue weighted by Gasteiger charge is -2.28. The molecule has 1 saturated heterocycles. The molecule has 148 valence electrons. The molecule has 1 fully saturated rings. The zero-order valence-corrected chi connectivity index (χ0v) is 16.2. The Morgan fingerprint density at radius 2 is 2.04 bits per heavy atom. The highest BCUT2D eigenvalue weighted by atomic mass is 35.5. The molecule has 2 aromatic rings. The smallest absolute Gasteiger partial charge is 0.276 e. The molecule has 0 saturated carbocycles. The Balaban J connectivity index is 1.79. The number of benzene rings is 2. The van der Waals surface area contributed by atoms with Crippen molar-refractivity contribution in [3.63, 3.8) is 0 Å². The number of hydrogen-bond donors (Lipinski definition) is 1. The highest BCUT2D eigenvalue weighted by Crippen LogP contribution is 2.27. The van der Waals surface area contributed by atoms with Gasteiger partial charge in [0, 0.05) is 23.2 Å². The summed E-state index contributed by atoms with van der Waals surface area (Å²) in [7, 11) is 0. The van der Waals surface area contributed by atoms with Gasteiger partial charge in [-0.25, -0.2) is 4.39 Å². The highest BCUT2D eigenvalue weighted by Gasteiger charge is 2.25. The molecule has 1 unspecified atom stereocenters. The summed E-state index contributed by atoms with van der Waals surface area (Å²) in [4.78, 5) is 25.2. The van der Waals surface area contributed by atoms with Crippen LogP contribution in [-0.4, -0.2) is 35.4 Å². The van der Waals surface area contributed by atoms with Gasteiger partial charge in [-0.05, 0) is 56.6 Å². The molecule has 0 radical (unpaired) electrons. The Hall–Kier alpha value is -2.51. The number of hydrogen-bond acceptors (Lipinski definition) is 4. The summed E-state index contributed by atoms with van der Waals surface area (Å²) < 4.78 is 14.0. The van der Waals surface area contributed by atoms with Crippen LogP contribution >= 0.6 is 11.6 Å².